The molecule has 128 valence electrons. The number of carbonyl (C=O) groups excluding carboxylic acids is 2. The first-order valence-electron chi connectivity index (χ1n) is 7.89. The van der Waals surface area contributed by atoms with Crippen LogP contribution in [0.3, 0.4) is 0 Å². The van der Waals surface area contributed by atoms with E-state index < -0.39 is 12.0 Å². The van der Waals surface area contributed by atoms with Gasteiger partial charge in [0, 0.05) is 6.54 Å². The summed E-state index contributed by atoms with van der Waals surface area (Å²) < 4.78 is 6.83. The Morgan fingerprint density at radius 3 is 2.54 bits per heavy atom. The number of amides is 2. The van der Waals surface area contributed by atoms with Gasteiger partial charge in [0.25, 0.3) is 0 Å². The number of nitrogens with one attached hydrogen (secondary N) is 2. The number of benzene rings is 1. The molecule has 24 heavy (non-hydrogen) atoms. The van der Waals surface area contributed by atoms with Gasteiger partial charge >= 0.3 is 12.0 Å². The SMILES string of the molecule is CCNC(=O)Nc1c(C(=O)OCC)nc(C)n1Cc1ccccc1. The Bertz CT molecular complexity index is 710. The average molecular weight is 330 g/mol. The number of ether oxygens (including phenoxy) is 1. The van der Waals surface area contributed by atoms with Crippen LogP contribution in [-0.2, 0) is 11.3 Å². The molecular weight excluding hydrogens is 308 g/mol. The second kappa shape index (κ2) is 8.14. The Hall–Kier alpha value is -2.83. The number of aryl methyl sites for hydroxylation is 1. The van der Waals surface area contributed by atoms with Gasteiger partial charge < -0.3 is 14.6 Å². The first kappa shape index (κ1) is 17.5. The number of nitrogens with zero attached hydrogens (tertiary/aromatic N) is 2. The zero-order valence-electron chi connectivity index (χ0n) is 14.1. The normalized spacial score (nSPS) is 10.3. The fraction of sp³-hybridized carbons (Fsp3) is 0.353. The monoisotopic (exact) mass is 330 g/mol. The summed E-state index contributed by atoms with van der Waals surface area (Å²) in [6.07, 6.45) is 0. The van der Waals surface area contributed by atoms with E-state index in [1.807, 2.05) is 37.3 Å². The number of aromatic nitrogens is 2. The van der Waals surface area contributed by atoms with E-state index in [0.29, 0.717) is 24.7 Å². The molecule has 0 atom stereocenters. The summed E-state index contributed by atoms with van der Waals surface area (Å²) >= 11 is 0. The Morgan fingerprint density at radius 1 is 1.21 bits per heavy atom. The second-order valence-corrected chi connectivity index (χ2v) is 5.13. The average Bonchev–Trinajstić information content (AvgIpc) is 2.86. The highest BCUT2D eigenvalue weighted by Crippen LogP contribution is 2.21. The lowest BCUT2D eigenvalue weighted by Crippen LogP contribution is -2.30. The minimum atomic E-state index is -0.556. The van der Waals surface area contributed by atoms with Crippen molar-refractivity contribution in [2.24, 2.45) is 0 Å². The fourth-order valence-corrected chi connectivity index (χ4v) is 2.30. The maximum absolute atomic E-state index is 12.2. The number of anilines is 1. The van der Waals surface area contributed by atoms with Crippen molar-refractivity contribution in [3.8, 4) is 0 Å². The van der Waals surface area contributed by atoms with Crippen molar-refractivity contribution < 1.29 is 14.3 Å². The van der Waals surface area contributed by atoms with Crippen LogP contribution in [0.4, 0.5) is 10.6 Å². The Morgan fingerprint density at radius 2 is 1.92 bits per heavy atom. The van der Waals surface area contributed by atoms with Crippen LogP contribution in [0.2, 0.25) is 0 Å². The summed E-state index contributed by atoms with van der Waals surface area (Å²) in [4.78, 5) is 28.4. The van der Waals surface area contributed by atoms with Crippen molar-refractivity contribution in [2.75, 3.05) is 18.5 Å². The molecule has 7 heteroatoms. The Labute approximate surface area is 141 Å². The molecule has 1 aromatic heterocycles. The predicted octanol–water partition coefficient (Wildman–Crippen LogP) is 2.56. The van der Waals surface area contributed by atoms with Crippen LogP contribution in [-0.4, -0.2) is 34.7 Å². The van der Waals surface area contributed by atoms with Crippen LogP contribution < -0.4 is 10.6 Å². The maximum Gasteiger partial charge on any atom is 0.360 e. The van der Waals surface area contributed by atoms with Crippen molar-refractivity contribution in [3.05, 3.63) is 47.4 Å². The molecule has 0 bridgehead atoms. The number of hydrogen-bond acceptors (Lipinski definition) is 4. The van der Waals surface area contributed by atoms with Gasteiger partial charge in [-0.25, -0.2) is 14.6 Å². The molecule has 0 fully saturated rings. The third kappa shape index (κ3) is 4.13. The minimum Gasteiger partial charge on any atom is -0.461 e. The zero-order chi connectivity index (χ0) is 17.5. The third-order valence-electron chi connectivity index (χ3n) is 3.38. The smallest absolute Gasteiger partial charge is 0.360 e. The third-order valence-corrected chi connectivity index (χ3v) is 3.38. The van der Waals surface area contributed by atoms with E-state index >= 15 is 0 Å². The van der Waals surface area contributed by atoms with Gasteiger partial charge in [0.2, 0.25) is 0 Å². The molecule has 0 aliphatic heterocycles. The molecule has 0 unspecified atom stereocenters. The van der Waals surface area contributed by atoms with Crippen LogP contribution in [0, 0.1) is 6.92 Å². The largest absolute Gasteiger partial charge is 0.461 e. The minimum absolute atomic E-state index is 0.108. The van der Waals surface area contributed by atoms with Crippen molar-refractivity contribution in [1.29, 1.82) is 0 Å². The molecule has 0 aliphatic carbocycles. The summed E-state index contributed by atoms with van der Waals surface area (Å²) in [5.74, 6) is 0.397. The van der Waals surface area contributed by atoms with E-state index in [2.05, 4.69) is 15.6 Å². The summed E-state index contributed by atoms with van der Waals surface area (Å²) in [6.45, 7) is 6.53. The van der Waals surface area contributed by atoms with Crippen molar-refractivity contribution in [3.63, 3.8) is 0 Å². The molecule has 2 N–H and O–H groups in total. The first-order chi connectivity index (χ1) is 11.6. The van der Waals surface area contributed by atoms with Crippen molar-refractivity contribution in [2.45, 2.75) is 27.3 Å². The van der Waals surface area contributed by atoms with Crippen LogP contribution in [0.1, 0.15) is 35.7 Å². The molecule has 0 saturated heterocycles. The summed E-state index contributed by atoms with van der Waals surface area (Å²) in [5, 5.41) is 5.36. The number of hydrogen-bond donors (Lipinski definition) is 2. The van der Waals surface area contributed by atoms with E-state index in [1.54, 1.807) is 18.4 Å². The van der Waals surface area contributed by atoms with Gasteiger partial charge in [-0.05, 0) is 26.3 Å². The summed E-state index contributed by atoms with van der Waals surface area (Å²) in [6, 6.07) is 9.36. The highest BCUT2D eigenvalue weighted by atomic mass is 16.5. The van der Waals surface area contributed by atoms with Crippen LogP contribution in [0.15, 0.2) is 30.3 Å². The molecular formula is C17H22N4O3. The predicted molar refractivity (Wildman–Crippen MR) is 91.2 cm³/mol. The van der Waals surface area contributed by atoms with Crippen LogP contribution in [0.5, 0.6) is 0 Å². The maximum atomic E-state index is 12.2. The van der Waals surface area contributed by atoms with Crippen molar-refractivity contribution >= 4 is 17.8 Å². The van der Waals surface area contributed by atoms with E-state index in [0.717, 1.165) is 5.56 Å². The standard InChI is InChI=1S/C17H22N4O3/c1-4-18-17(23)20-15-14(16(22)24-5-2)19-12(3)21(15)11-13-9-7-6-8-10-13/h6-10H,4-5,11H2,1-3H3,(H2,18,20,23). The van der Waals surface area contributed by atoms with Gasteiger partial charge in [-0.2, -0.15) is 0 Å². The van der Waals surface area contributed by atoms with E-state index in [4.69, 9.17) is 4.74 Å². The zero-order valence-corrected chi connectivity index (χ0v) is 14.1. The first-order valence-corrected chi connectivity index (χ1v) is 7.89. The molecule has 2 aromatic rings. The van der Waals surface area contributed by atoms with Crippen LogP contribution >= 0.6 is 0 Å². The molecule has 7 nitrogen and oxygen atoms in total. The van der Waals surface area contributed by atoms with E-state index in [-0.39, 0.29) is 12.3 Å². The lowest BCUT2D eigenvalue weighted by Gasteiger charge is -2.13. The number of rotatable bonds is 6. The number of urea groups is 1. The summed E-state index contributed by atoms with van der Waals surface area (Å²) in [5.41, 5.74) is 1.14. The van der Waals surface area contributed by atoms with Gasteiger partial charge in [-0.3, -0.25) is 5.32 Å². The summed E-state index contributed by atoms with van der Waals surface area (Å²) in [7, 11) is 0. The number of esters is 1. The van der Waals surface area contributed by atoms with Gasteiger partial charge in [-0.15, -0.1) is 0 Å². The molecule has 0 radical (unpaired) electrons. The molecule has 2 rings (SSSR count). The highest BCUT2D eigenvalue weighted by Gasteiger charge is 2.23. The van der Waals surface area contributed by atoms with Crippen LogP contribution in [0.25, 0.3) is 0 Å². The quantitative estimate of drug-likeness (QED) is 0.797. The molecule has 1 heterocycles. The van der Waals surface area contributed by atoms with E-state index in [1.165, 1.54) is 0 Å². The molecule has 1 aromatic carbocycles. The Kier molecular flexibility index (Phi) is 5.95. The molecule has 0 saturated carbocycles. The second-order valence-electron chi connectivity index (χ2n) is 5.13. The fourth-order valence-electron chi connectivity index (χ4n) is 2.30. The molecule has 0 aliphatic rings. The van der Waals surface area contributed by atoms with Crippen molar-refractivity contribution in [1.82, 2.24) is 14.9 Å². The number of imidazole rings is 1. The molecule has 2 amide bonds. The van der Waals surface area contributed by atoms with Gasteiger partial charge in [0.1, 0.15) is 11.6 Å². The lowest BCUT2D eigenvalue weighted by molar-refractivity contribution is 0.0521. The van der Waals surface area contributed by atoms with Gasteiger partial charge in [0.05, 0.1) is 13.2 Å². The topological polar surface area (TPSA) is 85.2 Å². The van der Waals surface area contributed by atoms with Gasteiger partial charge in [0.15, 0.2) is 5.69 Å². The highest BCUT2D eigenvalue weighted by molar-refractivity contribution is 5.98. The van der Waals surface area contributed by atoms with Gasteiger partial charge in [-0.1, -0.05) is 30.3 Å². The molecule has 0 spiro atoms. The van der Waals surface area contributed by atoms with E-state index in [9.17, 15) is 9.59 Å². The lowest BCUT2D eigenvalue weighted by atomic mass is 10.2. The Balaban J connectivity index is 2.40. The number of carbonyl (C=O) groups is 2.